The van der Waals surface area contributed by atoms with Gasteiger partial charge in [0.2, 0.25) is 0 Å². The number of piperidine rings is 2. The standard InChI is InChI=1S/C14H28N2O2/c1-14(16(18)11-6-3-7-12-16)8-13-15(17)9-4-2-5-10-15/h14H,2-13H2,1H3. The zero-order valence-corrected chi connectivity index (χ0v) is 11.8. The SMILES string of the molecule is CC(CC[N+]1([O-])CCCCC1)[N+]1([O-])CCCCC1. The average molecular weight is 256 g/mol. The molecule has 2 saturated heterocycles. The van der Waals surface area contributed by atoms with Crippen LogP contribution in [0.15, 0.2) is 0 Å². The highest BCUT2D eigenvalue weighted by Crippen LogP contribution is 2.25. The van der Waals surface area contributed by atoms with Gasteiger partial charge in [0.25, 0.3) is 0 Å². The molecule has 4 heteroatoms. The number of hydrogen-bond acceptors (Lipinski definition) is 2. The Hall–Kier alpha value is -0.160. The molecule has 0 N–H and O–H groups in total. The Morgan fingerprint density at radius 1 is 0.833 bits per heavy atom. The Kier molecular flexibility index (Phi) is 4.64. The van der Waals surface area contributed by atoms with Gasteiger partial charge in [-0.15, -0.1) is 0 Å². The van der Waals surface area contributed by atoms with Crippen LogP contribution in [0.5, 0.6) is 0 Å². The van der Waals surface area contributed by atoms with E-state index < -0.39 is 0 Å². The van der Waals surface area contributed by atoms with E-state index in [2.05, 4.69) is 6.92 Å². The van der Waals surface area contributed by atoms with Gasteiger partial charge in [-0.25, -0.2) is 0 Å². The van der Waals surface area contributed by atoms with Gasteiger partial charge in [-0.1, -0.05) is 0 Å². The molecule has 0 aliphatic carbocycles. The Balaban J connectivity index is 1.81. The molecule has 106 valence electrons. The summed E-state index contributed by atoms with van der Waals surface area (Å²) in [5.41, 5.74) is 0. The van der Waals surface area contributed by atoms with Crippen molar-refractivity contribution in [2.45, 2.75) is 57.9 Å². The first-order valence-electron chi connectivity index (χ1n) is 7.69. The van der Waals surface area contributed by atoms with E-state index in [0.29, 0.717) is 6.54 Å². The number of hydroxylamine groups is 6. The Morgan fingerprint density at radius 3 is 1.89 bits per heavy atom. The predicted octanol–water partition coefficient (Wildman–Crippen LogP) is 2.76. The molecule has 18 heavy (non-hydrogen) atoms. The fourth-order valence-electron chi connectivity index (χ4n) is 3.46. The van der Waals surface area contributed by atoms with E-state index in [0.717, 1.165) is 58.3 Å². The summed E-state index contributed by atoms with van der Waals surface area (Å²) >= 11 is 0. The van der Waals surface area contributed by atoms with Crippen molar-refractivity contribution in [3.63, 3.8) is 0 Å². The van der Waals surface area contributed by atoms with E-state index in [9.17, 15) is 10.4 Å². The lowest BCUT2D eigenvalue weighted by Crippen LogP contribution is -2.55. The Bertz CT molecular complexity index is 259. The summed E-state index contributed by atoms with van der Waals surface area (Å²) in [6, 6.07) is 0.108. The molecule has 0 bridgehead atoms. The van der Waals surface area contributed by atoms with E-state index in [4.69, 9.17) is 0 Å². The smallest absolute Gasteiger partial charge is 0.0913 e. The van der Waals surface area contributed by atoms with Gasteiger partial charge in [0, 0.05) is 6.42 Å². The van der Waals surface area contributed by atoms with Crippen LogP contribution < -0.4 is 0 Å². The van der Waals surface area contributed by atoms with Crippen molar-refractivity contribution in [3.05, 3.63) is 10.4 Å². The summed E-state index contributed by atoms with van der Waals surface area (Å²) in [7, 11) is 0. The molecule has 2 aliphatic rings. The molecular weight excluding hydrogens is 228 g/mol. The minimum atomic E-state index is -0.0417. The maximum atomic E-state index is 12.6. The maximum Gasteiger partial charge on any atom is 0.0913 e. The van der Waals surface area contributed by atoms with Gasteiger partial charge in [0.05, 0.1) is 38.8 Å². The van der Waals surface area contributed by atoms with E-state index in [1.165, 1.54) is 12.8 Å². The van der Waals surface area contributed by atoms with Crippen LogP contribution in [-0.2, 0) is 0 Å². The zero-order chi connectivity index (χ0) is 13.1. The molecule has 0 saturated carbocycles. The van der Waals surface area contributed by atoms with Crippen molar-refractivity contribution >= 4 is 0 Å². The molecule has 0 aromatic heterocycles. The van der Waals surface area contributed by atoms with Crippen LogP contribution in [0.4, 0.5) is 0 Å². The van der Waals surface area contributed by atoms with Crippen LogP contribution >= 0.6 is 0 Å². The van der Waals surface area contributed by atoms with E-state index in [-0.39, 0.29) is 15.3 Å². The number of likely N-dealkylation sites (tertiary alicyclic amines) is 2. The lowest BCUT2D eigenvalue weighted by molar-refractivity contribution is -0.920. The quantitative estimate of drug-likeness (QED) is 0.573. The van der Waals surface area contributed by atoms with Crippen molar-refractivity contribution in [1.29, 1.82) is 0 Å². The highest BCUT2D eigenvalue weighted by atomic mass is 16.6. The maximum absolute atomic E-state index is 12.6. The van der Waals surface area contributed by atoms with Gasteiger partial charge < -0.3 is 19.7 Å². The van der Waals surface area contributed by atoms with Crippen molar-refractivity contribution in [2.24, 2.45) is 0 Å². The second-order valence-corrected chi connectivity index (χ2v) is 6.39. The van der Waals surface area contributed by atoms with Crippen LogP contribution in [0, 0.1) is 10.4 Å². The molecule has 0 amide bonds. The molecule has 2 aliphatic heterocycles. The predicted molar refractivity (Wildman–Crippen MR) is 73.4 cm³/mol. The first kappa shape index (κ1) is 14.3. The van der Waals surface area contributed by atoms with Gasteiger partial charge >= 0.3 is 0 Å². The third kappa shape index (κ3) is 3.44. The van der Waals surface area contributed by atoms with Crippen LogP contribution in [0.3, 0.4) is 0 Å². The first-order chi connectivity index (χ1) is 8.54. The van der Waals surface area contributed by atoms with Crippen LogP contribution in [0.1, 0.15) is 51.9 Å². The molecule has 0 aromatic carbocycles. The zero-order valence-electron chi connectivity index (χ0n) is 11.8. The van der Waals surface area contributed by atoms with Gasteiger partial charge in [-0.3, -0.25) is 0 Å². The molecule has 0 aromatic rings. The minimum absolute atomic E-state index is 0.0374. The third-order valence-electron chi connectivity index (χ3n) is 4.96. The summed E-state index contributed by atoms with van der Waals surface area (Å²) in [4.78, 5) is 0. The topological polar surface area (TPSA) is 46.1 Å². The lowest BCUT2D eigenvalue weighted by Gasteiger charge is -2.52. The monoisotopic (exact) mass is 256 g/mol. The number of hydrogen-bond donors (Lipinski definition) is 0. The fourth-order valence-corrected chi connectivity index (χ4v) is 3.46. The first-order valence-corrected chi connectivity index (χ1v) is 7.69. The third-order valence-corrected chi connectivity index (χ3v) is 4.96. The Morgan fingerprint density at radius 2 is 1.33 bits per heavy atom. The lowest BCUT2D eigenvalue weighted by atomic mass is 10.0. The molecule has 1 unspecified atom stereocenters. The Labute approximate surface area is 111 Å². The summed E-state index contributed by atoms with van der Waals surface area (Å²) in [5, 5.41) is 25.1. The highest BCUT2D eigenvalue weighted by molar-refractivity contribution is 4.63. The van der Waals surface area contributed by atoms with Gasteiger partial charge in [-0.05, 0) is 45.4 Å². The largest absolute Gasteiger partial charge is 0.633 e. The molecule has 0 spiro atoms. The van der Waals surface area contributed by atoms with Gasteiger partial charge in [-0.2, -0.15) is 0 Å². The fraction of sp³-hybridized carbons (Fsp3) is 1.00. The van der Waals surface area contributed by atoms with Crippen molar-refractivity contribution in [2.75, 3.05) is 32.7 Å². The second kappa shape index (κ2) is 5.87. The molecule has 2 heterocycles. The molecular formula is C14H28N2O2. The van der Waals surface area contributed by atoms with Crippen LogP contribution in [-0.4, -0.2) is 48.1 Å². The normalized spacial score (nSPS) is 28.8. The van der Waals surface area contributed by atoms with Crippen molar-refractivity contribution in [3.8, 4) is 0 Å². The summed E-state index contributed by atoms with van der Waals surface area (Å²) in [6.45, 7) is 5.77. The minimum Gasteiger partial charge on any atom is -0.633 e. The molecule has 1 atom stereocenters. The summed E-state index contributed by atoms with van der Waals surface area (Å²) < 4.78 is -0.0790. The number of rotatable bonds is 4. The van der Waals surface area contributed by atoms with E-state index in [1.807, 2.05) is 0 Å². The van der Waals surface area contributed by atoms with Crippen LogP contribution in [0.2, 0.25) is 0 Å². The molecule has 2 fully saturated rings. The molecule has 0 radical (unpaired) electrons. The summed E-state index contributed by atoms with van der Waals surface area (Å²) in [6.07, 6.45) is 7.46. The van der Waals surface area contributed by atoms with Crippen molar-refractivity contribution < 1.29 is 9.29 Å². The van der Waals surface area contributed by atoms with Gasteiger partial charge in [0.1, 0.15) is 0 Å². The molecule has 4 nitrogen and oxygen atoms in total. The van der Waals surface area contributed by atoms with Crippen molar-refractivity contribution in [1.82, 2.24) is 0 Å². The molecule has 2 rings (SSSR count). The summed E-state index contributed by atoms with van der Waals surface area (Å²) in [5.74, 6) is 0. The number of quaternary nitrogens is 2. The van der Waals surface area contributed by atoms with Crippen LogP contribution in [0.25, 0.3) is 0 Å². The van der Waals surface area contributed by atoms with E-state index in [1.54, 1.807) is 0 Å². The average Bonchev–Trinajstić information content (AvgIpc) is 2.38. The highest BCUT2D eigenvalue weighted by Gasteiger charge is 2.30. The second-order valence-electron chi connectivity index (χ2n) is 6.39. The number of nitrogens with zero attached hydrogens (tertiary/aromatic N) is 2. The van der Waals surface area contributed by atoms with Gasteiger partial charge in [0.15, 0.2) is 0 Å². The van der Waals surface area contributed by atoms with E-state index >= 15 is 0 Å².